The fraction of sp³-hybridized carbons (Fsp3) is 0.404. The first-order chi connectivity index (χ1) is 28.3. The van der Waals surface area contributed by atoms with E-state index in [1.54, 1.807) is 17.0 Å². The molecule has 3 atom stereocenters. The third-order valence-corrected chi connectivity index (χ3v) is 13.7. The highest BCUT2D eigenvalue weighted by atomic mass is 16.5. The summed E-state index contributed by atoms with van der Waals surface area (Å²) in [7, 11) is 0. The number of hydrogen-bond acceptors (Lipinski definition) is 8. The fourth-order valence-electron chi connectivity index (χ4n) is 10.6. The van der Waals surface area contributed by atoms with E-state index in [2.05, 4.69) is 63.6 Å². The van der Waals surface area contributed by atoms with E-state index in [-0.39, 0.29) is 47.6 Å². The van der Waals surface area contributed by atoms with Crippen molar-refractivity contribution in [3.8, 4) is 11.5 Å². The van der Waals surface area contributed by atoms with Gasteiger partial charge in [-0.3, -0.25) is 24.5 Å². The van der Waals surface area contributed by atoms with Gasteiger partial charge in [0.25, 0.3) is 5.91 Å². The molecule has 298 valence electrons. The first-order valence-electron chi connectivity index (χ1n) is 20.9. The molecule has 58 heavy (non-hydrogen) atoms. The smallest absolute Gasteiger partial charge is 0.255 e. The number of phenols is 1. The summed E-state index contributed by atoms with van der Waals surface area (Å²) < 4.78 is 6.18. The number of rotatable bonds is 6. The van der Waals surface area contributed by atoms with Gasteiger partial charge in [-0.05, 0) is 97.3 Å². The SMILES string of the molecule is O=C1CCC(N2Cc3cc4c(cc3C2=O)CN(C(=O)C2CCN(C3CCN(c5ccc([C@H]6c7ccc(O)cc7OC[C@H]6c6ccccc6)cc5)CC3)CC2)C4)C(=O)N1. The minimum atomic E-state index is -0.629. The van der Waals surface area contributed by atoms with Crippen molar-refractivity contribution in [1.29, 1.82) is 0 Å². The van der Waals surface area contributed by atoms with Gasteiger partial charge in [-0.2, -0.15) is 0 Å². The van der Waals surface area contributed by atoms with E-state index in [9.17, 15) is 24.3 Å². The van der Waals surface area contributed by atoms with E-state index in [0.29, 0.717) is 44.3 Å². The second-order valence-corrected chi connectivity index (χ2v) is 17.0. The molecule has 1 unspecified atom stereocenters. The number of hydrogen-bond donors (Lipinski definition) is 2. The Morgan fingerprint density at radius 1 is 0.741 bits per heavy atom. The van der Waals surface area contributed by atoms with Crippen molar-refractivity contribution < 1.29 is 29.0 Å². The van der Waals surface area contributed by atoms with Crippen molar-refractivity contribution in [1.82, 2.24) is 20.0 Å². The fourth-order valence-corrected chi connectivity index (χ4v) is 10.6. The average Bonchev–Trinajstić information content (AvgIpc) is 3.82. The highest BCUT2D eigenvalue weighted by molar-refractivity contribution is 6.05. The van der Waals surface area contributed by atoms with E-state index >= 15 is 0 Å². The Kier molecular flexibility index (Phi) is 9.43. The number of likely N-dealkylation sites (tertiary alicyclic amines) is 1. The molecule has 0 spiro atoms. The lowest BCUT2D eigenvalue weighted by atomic mass is 9.76. The molecule has 6 heterocycles. The Bertz CT molecular complexity index is 2260. The topological polar surface area (TPSA) is 123 Å². The molecular formula is C47H49N5O6. The Balaban J connectivity index is 0.724. The summed E-state index contributed by atoms with van der Waals surface area (Å²) in [4.78, 5) is 60.0. The molecule has 11 heteroatoms. The number of carbonyl (C=O) groups excluding carboxylic acids is 4. The lowest BCUT2D eigenvalue weighted by Gasteiger charge is -2.42. The molecule has 3 saturated heterocycles. The number of phenolic OH excluding ortho intramolecular Hbond substituents is 1. The summed E-state index contributed by atoms with van der Waals surface area (Å²) in [6.45, 7) is 5.82. The van der Waals surface area contributed by atoms with Crippen LogP contribution in [0.3, 0.4) is 0 Å². The molecule has 0 bridgehead atoms. The lowest BCUT2D eigenvalue weighted by Crippen LogP contribution is -2.52. The molecule has 10 rings (SSSR count). The normalized spacial score (nSPS) is 24.0. The van der Waals surface area contributed by atoms with Crippen molar-refractivity contribution in [2.45, 2.75) is 82.1 Å². The zero-order chi connectivity index (χ0) is 39.5. The number of nitrogens with one attached hydrogen (secondary N) is 1. The van der Waals surface area contributed by atoms with Crippen LogP contribution >= 0.6 is 0 Å². The van der Waals surface area contributed by atoms with Gasteiger partial charge in [-0.15, -0.1) is 0 Å². The zero-order valence-electron chi connectivity index (χ0n) is 32.6. The molecule has 0 saturated carbocycles. The molecule has 0 aliphatic carbocycles. The van der Waals surface area contributed by atoms with Crippen LogP contribution in [0.4, 0.5) is 5.69 Å². The molecule has 0 aromatic heterocycles. The second-order valence-electron chi connectivity index (χ2n) is 17.0. The van der Waals surface area contributed by atoms with Crippen molar-refractivity contribution >= 4 is 29.3 Å². The van der Waals surface area contributed by atoms with Gasteiger partial charge in [0.05, 0.1) is 6.61 Å². The largest absolute Gasteiger partial charge is 0.508 e. The van der Waals surface area contributed by atoms with Crippen LogP contribution in [0.15, 0.2) is 84.9 Å². The third-order valence-electron chi connectivity index (χ3n) is 13.7. The zero-order valence-corrected chi connectivity index (χ0v) is 32.6. The minimum absolute atomic E-state index is 0.00975. The molecule has 4 aromatic rings. The summed E-state index contributed by atoms with van der Waals surface area (Å²) in [6.07, 6.45) is 4.50. The number of anilines is 1. The van der Waals surface area contributed by atoms with Crippen LogP contribution in [-0.4, -0.2) is 88.3 Å². The van der Waals surface area contributed by atoms with Crippen molar-refractivity contribution in [3.05, 3.63) is 124 Å². The summed E-state index contributed by atoms with van der Waals surface area (Å²) in [6, 6.07) is 29.0. The van der Waals surface area contributed by atoms with Crippen LogP contribution in [0.5, 0.6) is 11.5 Å². The van der Waals surface area contributed by atoms with Crippen LogP contribution in [0.25, 0.3) is 0 Å². The number of ether oxygens (including phenoxy) is 1. The number of nitrogens with zero attached hydrogens (tertiary/aromatic N) is 4. The maximum atomic E-state index is 13.8. The summed E-state index contributed by atoms with van der Waals surface area (Å²) in [5.74, 6) is 0.606. The Hall–Kier alpha value is -5.68. The summed E-state index contributed by atoms with van der Waals surface area (Å²) >= 11 is 0. The first kappa shape index (κ1) is 36.6. The molecule has 11 nitrogen and oxygen atoms in total. The molecule has 3 fully saturated rings. The maximum Gasteiger partial charge on any atom is 0.255 e. The van der Waals surface area contributed by atoms with Gasteiger partial charge in [0.2, 0.25) is 17.7 Å². The second kappa shape index (κ2) is 14.9. The van der Waals surface area contributed by atoms with Gasteiger partial charge in [-0.1, -0.05) is 54.6 Å². The number of fused-ring (bicyclic) bond motifs is 3. The minimum Gasteiger partial charge on any atom is -0.508 e. The van der Waals surface area contributed by atoms with Crippen molar-refractivity contribution in [2.24, 2.45) is 5.92 Å². The number of amides is 4. The number of piperidine rings is 3. The molecule has 4 aromatic carbocycles. The predicted molar refractivity (Wildman–Crippen MR) is 217 cm³/mol. The van der Waals surface area contributed by atoms with E-state index in [1.807, 2.05) is 29.2 Å². The van der Waals surface area contributed by atoms with Crippen LogP contribution in [0, 0.1) is 5.92 Å². The monoisotopic (exact) mass is 779 g/mol. The lowest BCUT2D eigenvalue weighted by molar-refractivity contribution is -0.138. The standard InChI is InChI=1S/C47H49N5O6/c53-37-10-11-38-42(24-37)58-28-40(29-4-2-1-3-5-29)44(38)30-6-8-35(9-7-30)50-20-16-36(17-21-50)49-18-14-31(15-19-49)46(56)51-25-32-22-34-27-52(41-12-13-43(54)48-45(41)55)47(57)39(34)23-33(32)26-51/h1-11,22-24,31,36,40-41,44,53H,12-21,25-28H2,(H,48,54,55)/t40-,41?,44-/m0/s1. The molecule has 4 amide bonds. The van der Waals surface area contributed by atoms with Gasteiger partial charge in [-0.25, -0.2) is 0 Å². The van der Waals surface area contributed by atoms with E-state index in [0.717, 1.165) is 79.9 Å². The van der Waals surface area contributed by atoms with Crippen LogP contribution in [0.1, 0.15) is 94.1 Å². The highest BCUT2D eigenvalue weighted by Gasteiger charge is 2.41. The summed E-state index contributed by atoms with van der Waals surface area (Å²) in [5, 5.41) is 12.5. The highest BCUT2D eigenvalue weighted by Crippen LogP contribution is 2.47. The van der Waals surface area contributed by atoms with Crippen LogP contribution < -0.4 is 15.0 Å². The van der Waals surface area contributed by atoms with Crippen molar-refractivity contribution in [2.75, 3.05) is 37.7 Å². The van der Waals surface area contributed by atoms with Gasteiger partial charge in [0, 0.05) is 85.8 Å². The Labute approximate surface area is 338 Å². The Morgan fingerprint density at radius 2 is 1.48 bits per heavy atom. The molecule has 6 aliphatic heterocycles. The van der Waals surface area contributed by atoms with Gasteiger partial charge in [0.15, 0.2) is 0 Å². The quantitative estimate of drug-likeness (QED) is 0.240. The molecular weight excluding hydrogens is 731 g/mol. The van der Waals surface area contributed by atoms with Gasteiger partial charge < -0.3 is 29.4 Å². The molecule has 6 aliphatic rings. The average molecular weight is 780 g/mol. The first-order valence-corrected chi connectivity index (χ1v) is 20.9. The number of imide groups is 1. The number of benzene rings is 4. The Morgan fingerprint density at radius 3 is 2.22 bits per heavy atom. The van der Waals surface area contributed by atoms with Crippen LogP contribution in [0.2, 0.25) is 0 Å². The maximum absolute atomic E-state index is 13.8. The number of aromatic hydroxyl groups is 1. The van der Waals surface area contributed by atoms with E-state index < -0.39 is 11.9 Å². The molecule has 0 radical (unpaired) electrons. The summed E-state index contributed by atoms with van der Waals surface area (Å²) in [5.41, 5.74) is 8.42. The van der Waals surface area contributed by atoms with E-state index in [4.69, 9.17) is 4.74 Å². The number of carbonyl (C=O) groups is 4. The third kappa shape index (κ3) is 6.68. The van der Waals surface area contributed by atoms with Crippen molar-refractivity contribution in [3.63, 3.8) is 0 Å². The van der Waals surface area contributed by atoms with Gasteiger partial charge >= 0.3 is 0 Å². The van der Waals surface area contributed by atoms with Crippen LogP contribution in [-0.2, 0) is 34.0 Å². The van der Waals surface area contributed by atoms with E-state index in [1.165, 1.54) is 16.8 Å². The predicted octanol–water partition coefficient (Wildman–Crippen LogP) is 5.68. The van der Waals surface area contributed by atoms with Gasteiger partial charge in [0.1, 0.15) is 17.5 Å². The molecule has 2 N–H and O–H groups in total.